The maximum absolute atomic E-state index is 11.7. The van der Waals surface area contributed by atoms with Crippen molar-refractivity contribution >= 4 is 12.1 Å². The van der Waals surface area contributed by atoms with E-state index in [0.717, 1.165) is 11.1 Å². The van der Waals surface area contributed by atoms with Crippen LogP contribution in [-0.2, 0) is 4.74 Å². The normalized spacial score (nSPS) is 12.7. The number of alkyl carbamates (subject to hydrolysis) is 1. The highest BCUT2D eigenvalue weighted by Crippen LogP contribution is 2.20. The third-order valence-corrected chi connectivity index (χ3v) is 2.73. The Hall–Kier alpha value is -2.04. The lowest BCUT2D eigenvalue weighted by Crippen LogP contribution is -2.34. The fraction of sp³-hybridized carbons (Fsp3) is 0.467. The zero-order valence-electron chi connectivity index (χ0n) is 12.5. The summed E-state index contributed by atoms with van der Waals surface area (Å²) in [7, 11) is 0. The number of benzene rings is 1. The van der Waals surface area contributed by atoms with E-state index in [1.165, 1.54) is 0 Å². The molecule has 1 aromatic carbocycles. The molecule has 0 aliphatic carbocycles. The molecule has 0 aliphatic rings. The van der Waals surface area contributed by atoms with Crippen LogP contribution in [0.25, 0.3) is 0 Å². The van der Waals surface area contributed by atoms with Gasteiger partial charge in [-0.1, -0.05) is 6.07 Å². The average molecular weight is 279 g/mol. The Balaban J connectivity index is 2.87. The first-order valence-electron chi connectivity index (χ1n) is 6.43. The second kappa shape index (κ2) is 5.94. The van der Waals surface area contributed by atoms with Gasteiger partial charge in [0.1, 0.15) is 5.60 Å². The Morgan fingerprint density at radius 1 is 1.30 bits per heavy atom. The van der Waals surface area contributed by atoms with E-state index in [1.54, 1.807) is 45.9 Å². The number of hydrogen-bond donors (Lipinski definition) is 2. The number of carbonyl (C=O) groups excluding carboxylic acids is 1. The molecule has 20 heavy (non-hydrogen) atoms. The summed E-state index contributed by atoms with van der Waals surface area (Å²) in [6.45, 7) is 9.01. The molecule has 0 bridgehead atoms. The molecule has 110 valence electrons. The van der Waals surface area contributed by atoms with Gasteiger partial charge in [0.15, 0.2) is 0 Å². The summed E-state index contributed by atoms with van der Waals surface area (Å²) in [5, 5.41) is 11.7. The van der Waals surface area contributed by atoms with Gasteiger partial charge in [0.2, 0.25) is 0 Å². The first-order valence-corrected chi connectivity index (χ1v) is 6.43. The monoisotopic (exact) mass is 279 g/mol. The predicted octanol–water partition coefficient (Wildman–Crippen LogP) is 3.28. The molecule has 0 aromatic heterocycles. The van der Waals surface area contributed by atoms with Crippen molar-refractivity contribution in [2.45, 2.75) is 46.3 Å². The lowest BCUT2D eigenvalue weighted by atomic mass is 9.99. The molecule has 1 atom stereocenters. The molecule has 0 saturated carbocycles. The number of ether oxygens (including phenoxy) is 1. The standard InChI is InChI=1S/C15H21NO4/c1-9-6-7-11(13(17)18)8-12(9)10(2)16-14(19)20-15(3,4)5/h6-8,10H,1-5H3,(H,16,19)(H,17,18). The molecule has 0 fully saturated rings. The molecule has 0 saturated heterocycles. The van der Waals surface area contributed by atoms with Crippen LogP contribution in [0.4, 0.5) is 4.79 Å². The molecular weight excluding hydrogens is 258 g/mol. The molecule has 5 nitrogen and oxygen atoms in total. The summed E-state index contributed by atoms with van der Waals surface area (Å²) in [5.41, 5.74) is 1.31. The van der Waals surface area contributed by atoms with Crippen molar-refractivity contribution in [1.29, 1.82) is 0 Å². The van der Waals surface area contributed by atoms with Crippen LogP contribution >= 0.6 is 0 Å². The van der Waals surface area contributed by atoms with Crippen molar-refractivity contribution in [2.75, 3.05) is 0 Å². The van der Waals surface area contributed by atoms with Crippen LogP contribution in [0.3, 0.4) is 0 Å². The van der Waals surface area contributed by atoms with E-state index >= 15 is 0 Å². The van der Waals surface area contributed by atoms with Crippen LogP contribution in [0.1, 0.15) is 55.2 Å². The van der Waals surface area contributed by atoms with Crippen molar-refractivity contribution in [1.82, 2.24) is 5.32 Å². The number of amides is 1. The number of carbonyl (C=O) groups is 2. The second-order valence-electron chi connectivity index (χ2n) is 5.74. The van der Waals surface area contributed by atoms with Gasteiger partial charge in [-0.25, -0.2) is 9.59 Å². The molecule has 0 spiro atoms. The first-order chi connectivity index (χ1) is 9.10. The van der Waals surface area contributed by atoms with E-state index in [0.29, 0.717) is 0 Å². The van der Waals surface area contributed by atoms with Crippen molar-refractivity contribution in [2.24, 2.45) is 0 Å². The highest BCUT2D eigenvalue weighted by atomic mass is 16.6. The number of carboxylic acids is 1. The third-order valence-electron chi connectivity index (χ3n) is 2.73. The van der Waals surface area contributed by atoms with Crippen molar-refractivity contribution in [3.05, 3.63) is 34.9 Å². The first kappa shape index (κ1) is 16.0. The molecule has 0 radical (unpaired) electrons. The highest BCUT2D eigenvalue weighted by molar-refractivity contribution is 5.88. The maximum atomic E-state index is 11.7. The van der Waals surface area contributed by atoms with Gasteiger partial charge >= 0.3 is 12.1 Å². The number of carboxylic acid groups (broad SMARTS) is 1. The summed E-state index contributed by atoms with van der Waals surface area (Å²) in [5.74, 6) is -0.990. The molecule has 1 amide bonds. The van der Waals surface area contributed by atoms with E-state index in [-0.39, 0.29) is 11.6 Å². The number of hydrogen-bond acceptors (Lipinski definition) is 3. The van der Waals surface area contributed by atoms with Gasteiger partial charge in [-0.05, 0) is 57.9 Å². The van der Waals surface area contributed by atoms with Crippen LogP contribution < -0.4 is 5.32 Å². The van der Waals surface area contributed by atoms with Crippen LogP contribution in [0.5, 0.6) is 0 Å². The number of nitrogens with one attached hydrogen (secondary N) is 1. The molecule has 0 aliphatic heterocycles. The summed E-state index contributed by atoms with van der Waals surface area (Å²) in [6.07, 6.45) is -0.523. The zero-order valence-corrected chi connectivity index (χ0v) is 12.5. The van der Waals surface area contributed by atoms with Gasteiger partial charge in [0, 0.05) is 0 Å². The lowest BCUT2D eigenvalue weighted by Gasteiger charge is -2.23. The lowest BCUT2D eigenvalue weighted by molar-refractivity contribution is 0.0507. The molecule has 5 heteroatoms. The zero-order chi connectivity index (χ0) is 15.5. The summed E-state index contributed by atoms with van der Waals surface area (Å²) in [4.78, 5) is 22.7. The third kappa shape index (κ3) is 4.57. The second-order valence-corrected chi connectivity index (χ2v) is 5.74. The largest absolute Gasteiger partial charge is 0.478 e. The maximum Gasteiger partial charge on any atom is 0.408 e. The Morgan fingerprint density at radius 3 is 2.40 bits per heavy atom. The Morgan fingerprint density at radius 2 is 1.90 bits per heavy atom. The minimum atomic E-state index is -0.990. The number of aromatic carboxylic acids is 1. The van der Waals surface area contributed by atoms with E-state index in [1.807, 2.05) is 6.92 Å². The fourth-order valence-corrected chi connectivity index (χ4v) is 1.80. The minimum absolute atomic E-state index is 0.198. The molecule has 1 unspecified atom stereocenters. The molecular formula is C15H21NO4. The van der Waals surface area contributed by atoms with Gasteiger partial charge in [0.05, 0.1) is 11.6 Å². The van der Waals surface area contributed by atoms with Crippen molar-refractivity contribution in [3.63, 3.8) is 0 Å². The SMILES string of the molecule is Cc1ccc(C(=O)O)cc1C(C)NC(=O)OC(C)(C)C. The van der Waals surface area contributed by atoms with E-state index in [2.05, 4.69) is 5.32 Å². The molecule has 1 rings (SSSR count). The van der Waals surface area contributed by atoms with E-state index in [4.69, 9.17) is 9.84 Å². The average Bonchev–Trinajstić information content (AvgIpc) is 2.26. The van der Waals surface area contributed by atoms with Gasteiger partial charge in [-0.15, -0.1) is 0 Å². The van der Waals surface area contributed by atoms with E-state index < -0.39 is 17.7 Å². The Bertz CT molecular complexity index is 517. The smallest absolute Gasteiger partial charge is 0.408 e. The van der Waals surface area contributed by atoms with Gasteiger partial charge < -0.3 is 15.2 Å². The number of rotatable bonds is 3. The van der Waals surface area contributed by atoms with Crippen LogP contribution in [-0.4, -0.2) is 22.8 Å². The molecule has 1 aromatic rings. The van der Waals surface area contributed by atoms with Crippen LogP contribution in [0.2, 0.25) is 0 Å². The van der Waals surface area contributed by atoms with Gasteiger partial charge in [0.25, 0.3) is 0 Å². The predicted molar refractivity (Wildman–Crippen MR) is 75.9 cm³/mol. The Kier molecular flexibility index (Phi) is 4.76. The fourth-order valence-electron chi connectivity index (χ4n) is 1.80. The minimum Gasteiger partial charge on any atom is -0.478 e. The topological polar surface area (TPSA) is 75.6 Å². The van der Waals surface area contributed by atoms with Gasteiger partial charge in [-0.3, -0.25) is 0 Å². The quantitative estimate of drug-likeness (QED) is 0.890. The van der Waals surface area contributed by atoms with Crippen LogP contribution in [0, 0.1) is 6.92 Å². The summed E-state index contributed by atoms with van der Waals surface area (Å²) >= 11 is 0. The molecule has 0 heterocycles. The van der Waals surface area contributed by atoms with E-state index in [9.17, 15) is 9.59 Å². The summed E-state index contributed by atoms with van der Waals surface area (Å²) < 4.78 is 5.18. The number of aryl methyl sites for hydroxylation is 1. The van der Waals surface area contributed by atoms with Gasteiger partial charge in [-0.2, -0.15) is 0 Å². The van der Waals surface area contributed by atoms with Crippen molar-refractivity contribution < 1.29 is 19.4 Å². The van der Waals surface area contributed by atoms with Crippen LogP contribution in [0.15, 0.2) is 18.2 Å². The Labute approximate surface area is 118 Å². The summed E-state index contributed by atoms with van der Waals surface area (Å²) in [6, 6.07) is 4.51. The molecule has 2 N–H and O–H groups in total. The van der Waals surface area contributed by atoms with Crippen molar-refractivity contribution in [3.8, 4) is 0 Å². The highest BCUT2D eigenvalue weighted by Gasteiger charge is 2.19.